The van der Waals surface area contributed by atoms with E-state index in [0.717, 1.165) is 37.2 Å². The van der Waals surface area contributed by atoms with Gasteiger partial charge in [0.15, 0.2) is 0 Å². The lowest BCUT2D eigenvalue weighted by molar-refractivity contribution is -0.134. The van der Waals surface area contributed by atoms with Gasteiger partial charge in [-0.05, 0) is 61.1 Å². The molecule has 4 heteroatoms. The van der Waals surface area contributed by atoms with Crippen LogP contribution in [0.15, 0.2) is 71.8 Å². The summed E-state index contributed by atoms with van der Waals surface area (Å²) in [7, 11) is 0. The highest BCUT2D eigenvalue weighted by Crippen LogP contribution is 2.35. The minimum atomic E-state index is -0.0642. The first-order valence-corrected chi connectivity index (χ1v) is 11.8. The van der Waals surface area contributed by atoms with Crippen LogP contribution in [0.5, 0.6) is 0 Å². The van der Waals surface area contributed by atoms with Crippen LogP contribution in [0.4, 0.5) is 0 Å². The average Bonchev–Trinajstić information content (AvgIpc) is 3.26. The molecule has 5 rings (SSSR count). The zero-order valence-corrected chi connectivity index (χ0v) is 19.7. The molecule has 4 nitrogen and oxygen atoms in total. The summed E-state index contributed by atoms with van der Waals surface area (Å²) in [5, 5.41) is 6.71. The van der Waals surface area contributed by atoms with Gasteiger partial charge in [-0.1, -0.05) is 66.2 Å². The van der Waals surface area contributed by atoms with E-state index in [2.05, 4.69) is 92.4 Å². The predicted molar refractivity (Wildman–Crippen MR) is 133 cm³/mol. The lowest BCUT2D eigenvalue weighted by Crippen LogP contribution is -2.40. The number of aryl methyl sites for hydroxylation is 3. The van der Waals surface area contributed by atoms with E-state index in [1.807, 2.05) is 0 Å². The van der Waals surface area contributed by atoms with Crippen molar-refractivity contribution in [1.29, 1.82) is 0 Å². The topological polar surface area (TPSA) is 35.9 Å². The minimum absolute atomic E-state index is 0.0642. The molecule has 0 saturated carbocycles. The predicted octanol–water partition coefficient (Wildman–Crippen LogP) is 5.35. The first-order chi connectivity index (χ1) is 16.0. The van der Waals surface area contributed by atoms with Crippen LogP contribution in [-0.4, -0.2) is 34.6 Å². The molecule has 168 valence electrons. The third-order valence-electron chi connectivity index (χ3n) is 6.99. The summed E-state index contributed by atoms with van der Waals surface area (Å²) in [5.41, 5.74) is 9.66. The molecule has 33 heavy (non-hydrogen) atoms. The molecular weight excluding hydrogens is 406 g/mol. The van der Waals surface area contributed by atoms with E-state index in [-0.39, 0.29) is 11.9 Å². The number of carbonyl (C=O) groups is 1. The molecule has 3 aromatic rings. The summed E-state index contributed by atoms with van der Waals surface area (Å²) < 4.78 is 0. The van der Waals surface area contributed by atoms with Gasteiger partial charge in [0.1, 0.15) is 0 Å². The highest BCUT2D eigenvalue weighted by Gasteiger charge is 2.35. The number of hydrogen-bond donors (Lipinski definition) is 0. The van der Waals surface area contributed by atoms with Crippen molar-refractivity contribution >= 4 is 11.6 Å². The van der Waals surface area contributed by atoms with Gasteiger partial charge in [-0.2, -0.15) is 5.10 Å². The van der Waals surface area contributed by atoms with E-state index in [9.17, 15) is 4.79 Å². The monoisotopic (exact) mass is 437 g/mol. The number of carbonyl (C=O) groups excluding carboxylic acids is 1. The largest absolute Gasteiger partial charge is 0.290 e. The maximum absolute atomic E-state index is 13.6. The van der Waals surface area contributed by atoms with Crippen LogP contribution in [0.1, 0.15) is 51.4 Å². The number of hydrazone groups is 1. The molecule has 2 aliphatic rings. The highest BCUT2D eigenvalue weighted by molar-refractivity contribution is 6.04. The van der Waals surface area contributed by atoms with Crippen molar-refractivity contribution in [3.8, 4) is 0 Å². The number of benzene rings is 3. The van der Waals surface area contributed by atoms with Crippen LogP contribution in [0.25, 0.3) is 0 Å². The van der Waals surface area contributed by atoms with Crippen molar-refractivity contribution in [1.82, 2.24) is 9.91 Å². The van der Waals surface area contributed by atoms with Gasteiger partial charge in [0.2, 0.25) is 0 Å². The van der Waals surface area contributed by atoms with Crippen molar-refractivity contribution in [2.45, 2.75) is 46.2 Å². The van der Waals surface area contributed by atoms with Gasteiger partial charge in [-0.3, -0.25) is 9.69 Å². The first kappa shape index (κ1) is 21.6. The van der Waals surface area contributed by atoms with Gasteiger partial charge in [-0.15, -0.1) is 0 Å². The fraction of sp³-hybridized carbons (Fsp3) is 0.310. The number of hydrogen-bond acceptors (Lipinski definition) is 3. The van der Waals surface area contributed by atoms with E-state index >= 15 is 0 Å². The summed E-state index contributed by atoms with van der Waals surface area (Å²) >= 11 is 0. The maximum Gasteiger partial charge on any atom is 0.257 e. The Kier molecular flexibility index (Phi) is 5.86. The molecule has 1 amide bonds. The fourth-order valence-corrected chi connectivity index (χ4v) is 5.11. The molecule has 0 fully saturated rings. The normalized spacial score (nSPS) is 18.2. The Labute approximate surface area is 196 Å². The SMILES string of the molecule is Cc1ccc(C)c(C2=NN(C(=O)CN3CCc4ccccc4C3)[C@@H](c3ccccc3C)C2)c1. The summed E-state index contributed by atoms with van der Waals surface area (Å²) in [6.45, 7) is 8.46. The highest BCUT2D eigenvalue weighted by atomic mass is 16.2. The standard InChI is InChI=1S/C29H31N3O/c1-20-12-13-22(3)26(16-20)27-17-28(25-11-7-4-8-21(25)2)32(30-27)29(33)19-31-15-14-23-9-5-6-10-24(23)18-31/h4-13,16,28H,14-15,17-19H2,1-3H3/t28-/m1/s1. The molecule has 0 aromatic heterocycles. The minimum Gasteiger partial charge on any atom is -0.290 e. The molecule has 0 aliphatic carbocycles. The van der Waals surface area contributed by atoms with Crippen molar-refractivity contribution in [2.75, 3.05) is 13.1 Å². The molecule has 0 saturated heterocycles. The third-order valence-corrected chi connectivity index (χ3v) is 6.99. The molecule has 2 aliphatic heterocycles. The molecule has 0 N–H and O–H groups in total. The Hall–Kier alpha value is -3.24. The van der Waals surface area contributed by atoms with Gasteiger partial charge in [-0.25, -0.2) is 5.01 Å². The van der Waals surface area contributed by atoms with E-state index in [0.29, 0.717) is 6.54 Å². The summed E-state index contributed by atoms with van der Waals surface area (Å²) in [6, 6.07) is 23.3. The Bertz CT molecular complexity index is 1230. The van der Waals surface area contributed by atoms with Crippen molar-refractivity contribution in [3.63, 3.8) is 0 Å². The maximum atomic E-state index is 13.6. The Balaban J connectivity index is 1.44. The second-order valence-corrected chi connectivity index (χ2v) is 9.41. The van der Waals surface area contributed by atoms with Crippen LogP contribution in [0.3, 0.4) is 0 Å². The third kappa shape index (κ3) is 4.36. The molecule has 2 heterocycles. The molecule has 0 unspecified atom stereocenters. The number of fused-ring (bicyclic) bond motifs is 1. The van der Waals surface area contributed by atoms with Crippen LogP contribution < -0.4 is 0 Å². The van der Waals surface area contributed by atoms with E-state index < -0.39 is 0 Å². The number of amides is 1. The Morgan fingerprint density at radius 2 is 1.70 bits per heavy atom. The zero-order valence-electron chi connectivity index (χ0n) is 19.7. The van der Waals surface area contributed by atoms with Crippen molar-refractivity contribution < 1.29 is 4.79 Å². The summed E-state index contributed by atoms with van der Waals surface area (Å²) in [6.07, 6.45) is 1.73. The van der Waals surface area contributed by atoms with Gasteiger partial charge in [0.25, 0.3) is 5.91 Å². The first-order valence-electron chi connectivity index (χ1n) is 11.8. The van der Waals surface area contributed by atoms with Gasteiger partial charge in [0, 0.05) is 25.1 Å². The van der Waals surface area contributed by atoms with Gasteiger partial charge in [0.05, 0.1) is 18.3 Å². The summed E-state index contributed by atoms with van der Waals surface area (Å²) in [4.78, 5) is 15.9. The molecule has 0 spiro atoms. The van der Waals surface area contributed by atoms with Crippen LogP contribution in [-0.2, 0) is 17.8 Å². The van der Waals surface area contributed by atoms with E-state index in [4.69, 9.17) is 5.10 Å². The van der Waals surface area contributed by atoms with Crippen molar-refractivity contribution in [3.05, 3.63) is 106 Å². The average molecular weight is 438 g/mol. The quantitative estimate of drug-likeness (QED) is 0.552. The number of nitrogens with zero attached hydrogens (tertiary/aromatic N) is 3. The van der Waals surface area contributed by atoms with Gasteiger partial charge >= 0.3 is 0 Å². The Morgan fingerprint density at radius 1 is 0.939 bits per heavy atom. The van der Waals surface area contributed by atoms with Gasteiger partial charge < -0.3 is 0 Å². The van der Waals surface area contributed by atoms with Crippen LogP contribution in [0.2, 0.25) is 0 Å². The smallest absolute Gasteiger partial charge is 0.257 e. The lowest BCUT2D eigenvalue weighted by Gasteiger charge is -2.30. The fourth-order valence-electron chi connectivity index (χ4n) is 5.11. The zero-order chi connectivity index (χ0) is 22.9. The molecule has 3 aromatic carbocycles. The lowest BCUT2D eigenvalue weighted by atomic mass is 9.93. The van der Waals surface area contributed by atoms with E-state index in [1.54, 1.807) is 5.01 Å². The van der Waals surface area contributed by atoms with Crippen LogP contribution in [0, 0.1) is 20.8 Å². The van der Waals surface area contributed by atoms with Crippen LogP contribution >= 0.6 is 0 Å². The second-order valence-electron chi connectivity index (χ2n) is 9.41. The molecule has 1 atom stereocenters. The van der Waals surface area contributed by atoms with E-state index in [1.165, 1.54) is 33.4 Å². The number of rotatable bonds is 4. The molecular formula is C29H31N3O. The van der Waals surface area contributed by atoms with Crippen molar-refractivity contribution in [2.24, 2.45) is 5.10 Å². The molecule has 0 bridgehead atoms. The summed E-state index contributed by atoms with van der Waals surface area (Å²) in [5.74, 6) is 0.0722. The second kappa shape index (κ2) is 8.95. The Morgan fingerprint density at radius 3 is 2.52 bits per heavy atom. The molecule has 0 radical (unpaired) electrons.